The summed E-state index contributed by atoms with van der Waals surface area (Å²) in [4.78, 5) is 0.683. The molecule has 0 radical (unpaired) electrons. The zero-order valence-corrected chi connectivity index (χ0v) is 14.9. The molecule has 3 nitrogen and oxygen atoms in total. The topological polar surface area (TPSA) is 35.5 Å². The maximum Gasteiger partial charge on any atom is 0.189 e. The number of ether oxygens (including phenoxy) is 1. The van der Waals surface area contributed by atoms with Crippen LogP contribution in [0, 0.1) is 5.92 Å². The zero-order valence-electron chi connectivity index (χ0n) is 14.0. The van der Waals surface area contributed by atoms with Gasteiger partial charge in [-0.15, -0.1) is 0 Å². The molecule has 0 bridgehead atoms. The normalized spacial score (nSPS) is 17.1. The van der Waals surface area contributed by atoms with E-state index in [-0.39, 0.29) is 12.0 Å². The van der Waals surface area contributed by atoms with Crippen molar-refractivity contribution in [2.75, 3.05) is 13.7 Å². The molecular formula is C18H26O3S. The lowest BCUT2D eigenvalue weighted by Gasteiger charge is -2.21. The van der Waals surface area contributed by atoms with Gasteiger partial charge in [0, 0.05) is 13.0 Å². The molecule has 0 aliphatic carbocycles. The van der Waals surface area contributed by atoms with Crippen molar-refractivity contribution in [3.8, 4) is 0 Å². The van der Waals surface area contributed by atoms with Crippen LogP contribution in [0.2, 0.25) is 0 Å². The molecule has 4 heteroatoms. The number of hydrogen-bond acceptors (Lipinski definition) is 3. The van der Waals surface area contributed by atoms with Crippen LogP contribution in [0.25, 0.3) is 0 Å². The minimum Gasteiger partial charge on any atom is -0.377 e. The summed E-state index contributed by atoms with van der Waals surface area (Å²) in [5.41, 5.74) is 2.25. The first kappa shape index (κ1) is 18.8. The summed E-state index contributed by atoms with van der Waals surface area (Å²) in [5.74, 6) is 0.231. The van der Waals surface area contributed by atoms with E-state index in [2.05, 4.69) is 26.0 Å². The van der Waals surface area contributed by atoms with Crippen molar-refractivity contribution in [1.29, 1.82) is 0 Å². The van der Waals surface area contributed by atoms with Crippen LogP contribution in [0.1, 0.15) is 27.7 Å². The monoisotopic (exact) mass is 322 g/mol. The molecule has 22 heavy (non-hydrogen) atoms. The fraction of sp³-hybridized carbons (Fsp3) is 0.444. The third kappa shape index (κ3) is 5.87. The maximum atomic E-state index is 12.0. The molecule has 0 saturated carbocycles. The van der Waals surface area contributed by atoms with Gasteiger partial charge in [0.25, 0.3) is 0 Å². The van der Waals surface area contributed by atoms with Gasteiger partial charge in [0.05, 0.1) is 17.6 Å². The Balaban J connectivity index is 2.60. The summed E-state index contributed by atoms with van der Waals surface area (Å²) in [6.07, 6.45) is 4.23. The Labute approximate surface area is 136 Å². The minimum absolute atomic E-state index is 0.0552. The van der Waals surface area contributed by atoms with Crippen LogP contribution in [0.4, 0.5) is 0 Å². The molecule has 0 spiro atoms. The predicted molar refractivity (Wildman–Crippen MR) is 92.0 cm³/mol. The Morgan fingerprint density at radius 3 is 2.45 bits per heavy atom. The van der Waals surface area contributed by atoms with E-state index >= 15 is 0 Å². The van der Waals surface area contributed by atoms with Crippen LogP contribution in [-0.4, -0.2) is 24.0 Å². The van der Waals surface area contributed by atoms with E-state index < -0.39 is 11.1 Å². The van der Waals surface area contributed by atoms with Crippen molar-refractivity contribution in [2.24, 2.45) is 5.92 Å². The highest BCUT2D eigenvalue weighted by Crippen LogP contribution is 2.19. The molecule has 0 amide bonds. The molecule has 1 aromatic carbocycles. The van der Waals surface area contributed by atoms with Crippen molar-refractivity contribution in [1.82, 2.24) is 0 Å². The first-order valence-corrected chi connectivity index (χ1v) is 8.50. The van der Waals surface area contributed by atoms with Crippen molar-refractivity contribution < 1.29 is 13.1 Å². The quantitative estimate of drug-likeness (QED) is 0.670. The Kier molecular flexibility index (Phi) is 8.31. The molecule has 3 atom stereocenters. The van der Waals surface area contributed by atoms with Gasteiger partial charge < -0.3 is 4.74 Å². The van der Waals surface area contributed by atoms with Crippen LogP contribution in [0.15, 0.2) is 58.5 Å². The summed E-state index contributed by atoms with van der Waals surface area (Å²) in [5, 5.41) is 0. The summed E-state index contributed by atoms with van der Waals surface area (Å²) in [7, 11) is 1.72. The Morgan fingerprint density at radius 2 is 1.91 bits per heavy atom. The van der Waals surface area contributed by atoms with Crippen LogP contribution < -0.4 is 0 Å². The number of methoxy groups -OCH3 is 1. The van der Waals surface area contributed by atoms with E-state index in [9.17, 15) is 4.21 Å². The molecule has 0 aromatic heterocycles. The number of benzene rings is 1. The molecule has 0 aliphatic heterocycles. The lowest BCUT2D eigenvalue weighted by molar-refractivity contribution is 0.103. The molecule has 0 fully saturated rings. The van der Waals surface area contributed by atoms with Gasteiger partial charge in [0.1, 0.15) is 0 Å². The van der Waals surface area contributed by atoms with Gasteiger partial charge in [-0.1, -0.05) is 42.8 Å². The van der Waals surface area contributed by atoms with Gasteiger partial charge in [-0.05, 0) is 38.5 Å². The smallest absolute Gasteiger partial charge is 0.189 e. The molecule has 0 heterocycles. The van der Waals surface area contributed by atoms with Crippen LogP contribution in [0.5, 0.6) is 0 Å². The zero-order chi connectivity index (χ0) is 16.5. The fourth-order valence-electron chi connectivity index (χ4n) is 2.31. The fourth-order valence-corrected chi connectivity index (χ4v) is 3.12. The van der Waals surface area contributed by atoms with Crippen LogP contribution in [0.3, 0.4) is 0 Å². The van der Waals surface area contributed by atoms with Gasteiger partial charge >= 0.3 is 0 Å². The lowest BCUT2D eigenvalue weighted by Crippen LogP contribution is -2.20. The second-order valence-electron chi connectivity index (χ2n) is 5.37. The summed E-state index contributed by atoms with van der Waals surface area (Å²) < 4.78 is 23.0. The molecule has 0 aliphatic rings. The summed E-state index contributed by atoms with van der Waals surface area (Å²) in [6.45, 7) is 8.51. The molecule has 1 aromatic rings. The number of rotatable bonds is 8. The van der Waals surface area contributed by atoms with E-state index in [1.54, 1.807) is 19.2 Å². The van der Waals surface area contributed by atoms with E-state index in [4.69, 9.17) is 8.92 Å². The third-order valence-corrected chi connectivity index (χ3v) is 4.50. The largest absolute Gasteiger partial charge is 0.377 e. The first-order chi connectivity index (χ1) is 10.5. The second-order valence-corrected chi connectivity index (χ2v) is 6.55. The van der Waals surface area contributed by atoms with Crippen molar-refractivity contribution >= 4 is 11.1 Å². The molecule has 1 rings (SSSR count). The van der Waals surface area contributed by atoms with E-state index in [1.807, 2.05) is 32.0 Å². The first-order valence-electron chi connectivity index (χ1n) is 7.42. The standard InChI is InChI=1S/C18H26O3S/c1-6-15(3)18(20-5)16(4)12-14(2)13-21-22(19)17-10-8-7-9-11-17/h6-12,16,18H,13H2,1-5H3/b14-12-,15-6+/t16-,18+,22?/m1/s1. The van der Waals surface area contributed by atoms with Gasteiger partial charge in [-0.3, -0.25) is 4.18 Å². The Bertz CT molecular complexity index is 535. The SMILES string of the molecule is C/C=C(\C)[C@H](OC)[C@H](C)/C=C(/C)COS(=O)c1ccccc1. The molecule has 122 valence electrons. The Morgan fingerprint density at radius 1 is 1.27 bits per heavy atom. The average molecular weight is 322 g/mol. The number of allylic oxidation sites excluding steroid dienone is 1. The third-order valence-electron chi connectivity index (χ3n) is 3.51. The minimum atomic E-state index is -1.43. The van der Waals surface area contributed by atoms with Crippen LogP contribution in [-0.2, 0) is 20.0 Å². The Hall–Kier alpha value is -1.23. The second kappa shape index (κ2) is 9.72. The van der Waals surface area contributed by atoms with Gasteiger partial charge in [0.15, 0.2) is 11.1 Å². The van der Waals surface area contributed by atoms with E-state index in [0.717, 1.165) is 5.57 Å². The van der Waals surface area contributed by atoms with Crippen molar-refractivity contribution in [2.45, 2.75) is 38.7 Å². The van der Waals surface area contributed by atoms with Gasteiger partial charge in [-0.25, -0.2) is 4.21 Å². The van der Waals surface area contributed by atoms with Crippen molar-refractivity contribution in [3.05, 3.63) is 53.6 Å². The molecule has 1 unspecified atom stereocenters. The van der Waals surface area contributed by atoms with Gasteiger partial charge in [-0.2, -0.15) is 0 Å². The highest BCUT2D eigenvalue weighted by molar-refractivity contribution is 7.80. The van der Waals surface area contributed by atoms with Crippen molar-refractivity contribution in [3.63, 3.8) is 0 Å². The maximum absolute atomic E-state index is 12.0. The molecule has 0 saturated heterocycles. The van der Waals surface area contributed by atoms with Gasteiger partial charge in [0.2, 0.25) is 0 Å². The highest BCUT2D eigenvalue weighted by atomic mass is 32.2. The average Bonchev–Trinajstić information content (AvgIpc) is 2.53. The highest BCUT2D eigenvalue weighted by Gasteiger charge is 2.16. The van der Waals surface area contributed by atoms with Crippen LogP contribution >= 0.6 is 0 Å². The van der Waals surface area contributed by atoms with E-state index in [1.165, 1.54) is 5.57 Å². The molecular weight excluding hydrogens is 296 g/mol. The summed E-state index contributed by atoms with van der Waals surface area (Å²) in [6, 6.07) is 9.19. The lowest BCUT2D eigenvalue weighted by atomic mass is 9.96. The number of hydrogen-bond donors (Lipinski definition) is 0. The van der Waals surface area contributed by atoms with E-state index in [0.29, 0.717) is 11.5 Å². The predicted octanol–water partition coefficient (Wildman–Crippen LogP) is 4.29. The summed E-state index contributed by atoms with van der Waals surface area (Å²) >= 11 is -1.43. The molecule has 0 N–H and O–H groups in total.